The molecular weight excluding hydrogens is 717 g/mol. The number of hydrogen-bond donors (Lipinski definition) is 2. The number of urea groups is 1. The van der Waals surface area contributed by atoms with E-state index in [0.717, 1.165) is 118 Å². The minimum atomic E-state index is -0.330. The summed E-state index contributed by atoms with van der Waals surface area (Å²) in [7, 11) is 0. The molecule has 0 spiro atoms. The number of nitrogens with zero attached hydrogens (tertiary/aromatic N) is 8. The van der Waals surface area contributed by atoms with Gasteiger partial charge in [-0.25, -0.2) is 19.4 Å². The molecule has 13 nitrogen and oxygen atoms in total. The van der Waals surface area contributed by atoms with Crippen molar-refractivity contribution in [1.82, 2.24) is 39.8 Å². The molecule has 0 radical (unpaired) electrons. The van der Waals surface area contributed by atoms with Crippen molar-refractivity contribution in [3.8, 4) is 22.8 Å². The van der Waals surface area contributed by atoms with E-state index in [1.165, 1.54) is 18.4 Å². The summed E-state index contributed by atoms with van der Waals surface area (Å²) in [5.41, 5.74) is 11.2. The van der Waals surface area contributed by atoms with E-state index in [9.17, 15) is 9.59 Å². The van der Waals surface area contributed by atoms with E-state index in [1.54, 1.807) is 11.2 Å². The van der Waals surface area contributed by atoms with Crippen LogP contribution in [0.25, 0.3) is 22.3 Å². The van der Waals surface area contributed by atoms with E-state index in [-0.39, 0.29) is 18.0 Å². The molecule has 4 fully saturated rings. The molecule has 0 atom stereocenters. The van der Waals surface area contributed by atoms with Gasteiger partial charge in [-0.2, -0.15) is 5.10 Å². The van der Waals surface area contributed by atoms with Crippen LogP contribution >= 0.6 is 0 Å². The zero-order valence-corrected chi connectivity index (χ0v) is 32.5. The third-order valence-corrected chi connectivity index (χ3v) is 12.6. The number of nitrogens with one attached hydrogen (secondary N) is 1. The van der Waals surface area contributed by atoms with Crippen LogP contribution in [0.3, 0.4) is 0 Å². The molecule has 57 heavy (non-hydrogen) atoms. The lowest BCUT2D eigenvalue weighted by Gasteiger charge is -2.42. The molecule has 4 aliphatic heterocycles. The number of fused-ring (bicyclic) bond motifs is 1. The number of carbonyl (C=O) groups is 2. The lowest BCUT2D eigenvalue weighted by Crippen LogP contribution is -2.49. The first-order chi connectivity index (χ1) is 27.9. The van der Waals surface area contributed by atoms with Gasteiger partial charge in [-0.15, -0.1) is 0 Å². The number of ether oxygens (including phenoxy) is 1. The molecule has 3 N–H and O–H groups in total. The minimum absolute atomic E-state index is 0.204. The highest BCUT2D eigenvalue weighted by Crippen LogP contribution is 2.36. The van der Waals surface area contributed by atoms with Crippen molar-refractivity contribution >= 4 is 34.5 Å². The number of para-hydroxylation sites is 1. The minimum Gasteiger partial charge on any atom is -0.457 e. The quantitative estimate of drug-likeness (QED) is 0.167. The number of benzene rings is 3. The molecule has 9 rings (SSSR count). The number of hydrogen-bond acceptors (Lipinski definition) is 10. The number of anilines is 2. The van der Waals surface area contributed by atoms with Gasteiger partial charge >= 0.3 is 6.03 Å². The summed E-state index contributed by atoms with van der Waals surface area (Å²) in [5, 5.41) is 8.37. The maximum Gasteiger partial charge on any atom is 0.328 e. The van der Waals surface area contributed by atoms with Crippen LogP contribution in [-0.2, 0) is 4.79 Å². The number of rotatable bonds is 10. The van der Waals surface area contributed by atoms with Crippen LogP contribution in [0, 0.1) is 0 Å². The van der Waals surface area contributed by atoms with Gasteiger partial charge in [0.05, 0.1) is 11.4 Å². The molecule has 13 heteroatoms. The Hall–Kier alpha value is -5.37. The first-order valence-corrected chi connectivity index (χ1v) is 20.7. The summed E-state index contributed by atoms with van der Waals surface area (Å²) < 4.78 is 8.13. The standard InChI is InChI=1S/C44H52N10O3/c45-42-40-41(33-8-12-38(13-9-33)57-37-4-2-1-3-5-37)49-54(43(40)47-30-46-42)36-18-25-52(26-19-36)34-16-23-51(24-17-34)29-28-50-21-14-32(15-22-50)31-6-10-35(11-7-31)53-27-20-39(55)48-44(53)56/h1-13,30,32,34,36H,14-29H2,(H2,45,46,47)(H,48,55,56). The zero-order valence-electron chi connectivity index (χ0n) is 32.5. The van der Waals surface area contributed by atoms with Crippen molar-refractivity contribution in [2.24, 2.45) is 0 Å². The van der Waals surface area contributed by atoms with E-state index in [2.05, 4.69) is 46.8 Å². The Bertz CT molecular complexity index is 2150. The number of amides is 3. The van der Waals surface area contributed by atoms with Crippen LogP contribution in [0.2, 0.25) is 0 Å². The Kier molecular flexibility index (Phi) is 10.9. The van der Waals surface area contributed by atoms with Crippen LogP contribution in [0.4, 0.5) is 16.3 Å². The van der Waals surface area contributed by atoms with Crippen LogP contribution < -0.4 is 20.7 Å². The highest BCUT2D eigenvalue weighted by Gasteiger charge is 2.32. The molecule has 4 aliphatic rings. The number of nitrogen functional groups attached to an aromatic ring is 1. The number of likely N-dealkylation sites (tertiary alicyclic amines) is 3. The fourth-order valence-electron chi connectivity index (χ4n) is 9.27. The summed E-state index contributed by atoms with van der Waals surface area (Å²) in [5.74, 6) is 2.36. The van der Waals surface area contributed by atoms with Crippen LogP contribution in [0.15, 0.2) is 85.2 Å². The van der Waals surface area contributed by atoms with E-state index in [4.69, 9.17) is 15.6 Å². The predicted molar refractivity (Wildman–Crippen MR) is 221 cm³/mol. The summed E-state index contributed by atoms with van der Waals surface area (Å²) in [6.07, 6.45) is 8.71. The Morgan fingerprint density at radius 1 is 0.702 bits per heavy atom. The first kappa shape index (κ1) is 37.2. The van der Waals surface area contributed by atoms with Gasteiger partial charge in [0, 0.05) is 56.4 Å². The zero-order chi connectivity index (χ0) is 38.7. The van der Waals surface area contributed by atoms with Gasteiger partial charge in [0.1, 0.15) is 29.3 Å². The number of piperidine rings is 3. The highest BCUT2D eigenvalue weighted by molar-refractivity contribution is 6.05. The third kappa shape index (κ3) is 8.23. The van der Waals surface area contributed by atoms with E-state index in [1.807, 2.05) is 66.7 Å². The molecule has 6 heterocycles. The Labute approximate surface area is 333 Å². The van der Waals surface area contributed by atoms with Gasteiger partial charge in [0.2, 0.25) is 5.91 Å². The second-order valence-electron chi connectivity index (χ2n) is 16.0. The van der Waals surface area contributed by atoms with Crippen molar-refractivity contribution in [2.75, 3.05) is 69.5 Å². The van der Waals surface area contributed by atoms with Gasteiger partial charge in [-0.3, -0.25) is 15.0 Å². The molecule has 0 bridgehead atoms. The fourth-order valence-corrected chi connectivity index (χ4v) is 9.27. The second-order valence-corrected chi connectivity index (χ2v) is 16.0. The molecule has 3 amide bonds. The molecule has 0 aliphatic carbocycles. The van der Waals surface area contributed by atoms with Crippen molar-refractivity contribution in [2.45, 2.75) is 62.9 Å². The number of aromatic nitrogens is 4. The van der Waals surface area contributed by atoms with E-state index in [0.29, 0.717) is 30.7 Å². The maximum absolute atomic E-state index is 12.2. The predicted octanol–water partition coefficient (Wildman–Crippen LogP) is 6.30. The Balaban J connectivity index is 0.730. The Morgan fingerprint density at radius 2 is 1.35 bits per heavy atom. The average Bonchev–Trinajstić information content (AvgIpc) is 3.65. The van der Waals surface area contributed by atoms with Crippen LogP contribution in [0.5, 0.6) is 11.5 Å². The van der Waals surface area contributed by atoms with Crippen molar-refractivity contribution in [3.63, 3.8) is 0 Å². The SMILES string of the molecule is Nc1ncnc2c1c(-c1ccc(Oc3ccccc3)cc1)nn2C1CCN(C2CCN(CCN3CCC(c4ccc(N5CCC(=O)NC5=O)cc4)CC3)CC2)CC1. The Morgan fingerprint density at radius 3 is 2.04 bits per heavy atom. The molecule has 3 aromatic carbocycles. The molecule has 0 saturated carbocycles. The molecule has 4 saturated heterocycles. The van der Waals surface area contributed by atoms with Gasteiger partial charge in [-0.05, 0) is 125 Å². The van der Waals surface area contributed by atoms with Crippen LogP contribution in [-0.4, -0.2) is 111 Å². The van der Waals surface area contributed by atoms with Gasteiger partial charge in [0.25, 0.3) is 0 Å². The monoisotopic (exact) mass is 768 g/mol. The summed E-state index contributed by atoms with van der Waals surface area (Å²) >= 11 is 0. The van der Waals surface area contributed by atoms with Crippen molar-refractivity contribution in [1.29, 1.82) is 0 Å². The smallest absolute Gasteiger partial charge is 0.328 e. The van der Waals surface area contributed by atoms with Gasteiger partial charge in [-0.1, -0.05) is 30.3 Å². The van der Waals surface area contributed by atoms with Crippen LogP contribution in [0.1, 0.15) is 62.5 Å². The molecular formula is C44H52N10O3. The molecule has 2 aromatic heterocycles. The largest absolute Gasteiger partial charge is 0.457 e. The summed E-state index contributed by atoms with van der Waals surface area (Å²) in [6.45, 7) is 9.38. The topological polar surface area (TPSA) is 138 Å². The maximum atomic E-state index is 12.2. The summed E-state index contributed by atoms with van der Waals surface area (Å²) in [6, 6.07) is 26.7. The molecule has 0 unspecified atom stereocenters. The van der Waals surface area contributed by atoms with Gasteiger partial charge in [0.15, 0.2) is 5.65 Å². The van der Waals surface area contributed by atoms with E-state index < -0.39 is 0 Å². The third-order valence-electron chi connectivity index (χ3n) is 12.6. The molecule has 5 aromatic rings. The lowest BCUT2D eigenvalue weighted by atomic mass is 9.89. The molecule has 296 valence electrons. The van der Waals surface area contributed by atoms with E-state index >= 15 is 0 Å². The number of nitrogens with two attached hydrogens (primary N) is 1. The first-order valence-electron chi connectivity index (χ1n) is 20.7. The summed E-state index contributed by atoms with van der Waals surface area (Å²) in [4.78, 5) is 42.4. The van der Waals surface area contributed by atoms with Crippen molar-refractivity contribution < 1.29 is 14.3 Å². The van der Waals surface area contributed by atoms with Crippen molar-refractivity contribution in [3.05, 3.63) is 90.8 Å². The average molecular weight is 769 g/mol. The highest BCUT2D eigenvalue weighted by atomic mass is 16.5. The number of carbonyl (C=O) groups excluding carboxylic acids is 2. The lowest BCUT2D eigenvalue weighted by molar-refractivity contribution is -0.120. The number of imide groups is 1. The fraction of sp³-hybridized carbons (Fsp3) is 0.432. The second kappa shape index (κ2) is 16.6. The normalized spacial score (nSPS) is 20.0. The van der Waals surface area contributed by atoms with Gasteiger partial charge < -0.3 is 25.2 Å².